The van der Waals surface area contributed by atoms with E-state index in [-0.39, 0.29) is 12.5 Å². The van der Waals surface area contributed by atoms with Crippen molar-refractivity contribution in [1.82, 2.24) is 0 Å². The SMILES string of the molecule is C=CCCCCC(O)C[N+](C)(C)CCC(=O)O. The van der Waals surface area contributed by atoms with E-state index in [0.29, 0.717) is 17.6 Å². The van der Waals surface area contributed by atoms with Crippen molar-refractivity contribution in [3.05, 3.63) is 12.7 Å². The molecule has 0 aromatic heterocycles. The van der Waals surface area contributed by atoms with Gasteiger partial charge in [0.1, 0.15) is 12.6 Å². The summed E-state index contributed by atoms with van der Waals surface area (Å²) in [4.78, 5) is 10.5. The highest BCUT2D eigenvalue weighted by atomic mass is 16.4. The van der Waals surface area contributed by atoms with Crippen LogP contribution in [0.3, 0.4) is 0 Å². The van der Waals surface area contributed by atoms with Crippen molar-refractivity contribution < 1.29 is 19.5 Å². The van der Waals surface area contributed by atoms with Crippen LogP contribution in [0.5, 0.6) is 0 Å². The van der Waals surface area contributed by atoms with Gasteiger partial charge in [0.05, 0.1) is 27.1 Å². The Morgan fingerprint density at radius 1 is 1.41 bits per heavy atom. The van der Waals surface area contributed by atoms with Crippen LogP contribution in [0.2, 0.25) is 0 Å². The Hall–Kier alpha value is -0.870. The normalized spacial score (nSPS) is 13.4. The highest BCUT2D eigenvalue weighted by Gasteiger charge is 2.21. The maximum atomic E-state index is 10.5. The number of quaternary nitrogens is 1. The molecule has 0 aliphatic heterocycles. The zero-order valence-electron chi connectivity index (χ0n) is 11.1. The van der Waals surface area contributed by atoms with Crippen molar-refractivity contribution in [3.63, 3.8) is 0 Å². The lowest BCUT2D eigenvalue weighted by atomic mass is 10.1. The third kappa shape index (κ3) is 10.0. The Morgan fingerprint density at radius 2 is 2.06 bits per heavy atom. The molecule has 17 heavy (non-hydrogen) atoms. The molecular formula is C13H26NO3+. The molecule has 0 fully saturated rings. The molecule has 0 aromatic carbocycles. The van der Waals surface area contributed by atoms with Gasteiger partial charge in [0.15, 0.2) is 0 Å². The average Bonchev–Trinajstić information content (AvgIpc) is 2.21. The van der Waals surface area contributed by atoms with E-state index in [1.165, 1.54) is 0 Å². The maximum absolute atomic E-state index is 10.5. The maximum Gasteiger partial charge on any atom is 0.309 e. The number of aliphatic hydroxyl groups excluding tert-OH is 1. The van der Waals surface area contributed by atoms with Crippen LogP contribution >= 0.6 is 0 Å². The third-order valence-electron chi connectivity index (χ3n) is 2.83. The number of hydrogen-bond donors (Lipinski definition) is 2. The number of nitrogens with zero attached hydrogens (tertiary/aromatic N) is 1. The van der Waals surface area contributed by atoms with Crippen molar-refractivity contribution in [2.24, 2.45) is 0 Å². The summed E-state index contributed by atoms with van der Waals surface area (Å²) in [5, 5.41) is 18.5. The van der Waals surface area contributed by atoms with Crippen molar-refractivity contribution in [2.75, 3.05) is 27.2 Å². The van der Waals surface area contributed by atoms with Crippen LogP contribution in [0, 0.1) is 0 Å². The number of carboxylic acids is 1. The summed E-state index contributed by atoms with van der Waals surface area (Å²) in [6, 6.07) is 0. The predicted molar refractivity (Wildman–Crippen MR) is 68.8 cm³/mol. The molecule has 0 bridgehead atoms. The molecule has 0 saturated heterocycles. The van der Waals surface area contributed by atoms with Crippen LogP contribution in [0.25, 0.3) is 0 Å². The second kappa shape index (κ2) is 8.25. The molecule has 0 aromatic rings. The van der Waals surface area contributed by atoms with Crippen molar-refractivity contribution in [2.45, 2.75) is 38.2 Å². The molecule has 0 aliphatic rings. The summed E-state index contributed by atoms with van der Waals surface area (Å²) in [6.45, 7) is 4.82. The van der Waals surface area contributed by atoms with Gasteiger partial charge in [-0.25, -0.2) is 0 Å². The topological polar surface area (TPSA) is 57.5 Å². The minimum Gasteiger partial charge on any atom is -0.481 e. The molecule has 0 amide bonds. The summed E-state index contributed by atoms with van der Waals surface area (Å²) in [7, 11) is 3.91. The molecule has 0 rings (SSSR count). The van der Waals surface area contributed by atoms with Crippen LogP contribution in [-0.2, 0) is 4.79 Å². The smallest absolute Gasteiger partial charge is 0.309 e. The van der Waals surface area contributed by atoms with E-state index < -0.39 is 5.97 Å². The van der Waals surface area contributed by atoms with Crippen LogP contribution in [0.15, 0.2) is 12.7 Å². The van der Waals surface area contributed by atoms with E-state index in [9.17, 15) is 9.90 Å². The van der Waals surface area contributed by atoms with Gasteiger partial charge < -0.3 is 14.7 Å². The van der Waals surface area contributed by atoms with E-state index >= 15 is 0 Å². The first kappa shape index (κ1) is 16.1. The zero-order valence-corrected chi connectivity index (χ0v) is 11.1. The average molecular weight is 244 g/mol. The molecule has 0 heterocycles. The fourth-order valence-corrected chi connectivity index (χ4v) is 1.82. The van der Waals surface area contributed by atoms with Crippen molar-refractivity contribution >= 4 is 5.97 Å². The van der Waals surface area contributed by atoms with Gasteiger partial charge in [0.2, 0.25) is 0 Å². The van der Waals surface area contributed by atoms with E-state index in [4.69, 9.17) is 5.11 Å². The minimum atomic E-state index is -0.781. The number of likely N-dealkylation sites (N-methyl/N-ethyl adjacent to an activating group) is 1. The first-order valence-corrected chi connectivity index (χ1v) is 6.20. The number of unbranched alkanes of at least 4 members (excludes halogenated alkanes) is 2. The molecule has 0 saturated carbocycles. The van der Waals surface area contributed by atoms with Gasteiger partial charge in [-0.3, -0.25) is 4.79 Å². The highest BCUT2D eigenvalue weighted by molar-refractivity contribution is 5.66. The second-order valence-electron chi connectivity index (χ2n) is 5.21. The van der Waals surface area contributed by atoms with E-state index in [1.807, 2.05) is 20.2 Å². The molecule has 4 nitrogen and oxygen atoms in total. The second-order valence-corrected chi connectivity index (χ2v) is 5.21. The minimum absolute atomic E-state index is 0.149. The number of allylic oxidation sites excluding steroid dienone is 1. The van der Waals surface area contributed by atoms with Gasteiger partial charge >= 0.3 is 5.97 Å². The molecule has 0 spiro atoms. The quantitative estimate of drug-likeness (QED) is 0.349. The summed E-state index contributed by atoms with van der Waals surface area (Å²) in [5.41, 5.74) is 0. The first-order valence-electron chi connectivity index (χ1n) is 6.20. The van der Waals surface area contributed by atoms with Gasteiger partial charge in [-0.15, -0.1) is 6.58 Å². The van der Waals surface area contributed by atoms with Gasteiger partial charge in [-0.05, 0) is 19.3 Å². The van der Waals surface area contributed by atoms with Crippen molar-refractivity contribution in [3.8, 4) is 0 Å². The van der Waals surface area contributed by atoms with Crippen LogP contribution < -0.4 is 0 Å². The Labute approximate surface area is 104 Å². The summed E-state index contributed by atoms with van der Waals surface area (Å²) in [6.07, 6.45) is 5.51. The number of hydrogen-bond acceptors (Lipinski definition) is 2. The van der Waals surface area contributed by atoms with Crippen LogP contribution in [0.4, 0.5) is 0 Å². The van der Waals surface area contributed by atoms with E-state index in [0.717, 1.165) is 25.7 Å². The first-order chi connectivity index (χ1) is 7.87. The molecule has 1 atom stereocenters. The molecule has 0 radical (unpaired) electrons. The van der Waals surface area contributed by atoms with E-state index in [2.05, 4.69) is 6.58 Å². The lowest BCUT2D eigenvalue weighted by Gasteiger charge is -2.31. The summed E-state index contributed by atoms with van der Waals surface area (Å²) >= 11 is 0. The summed E-state index contributed by atoms with van der Waals surface area (Å²) in [5.74, 6) is -0.781. The fraction of sp³-hybridized carbons (Fsp3) is 0.769. The lowest BCUT2D eigenvalue weighted by molar-refractivity contribution is -0.892. The van der Waals surface area contributed by atoms with Crippen LogP contribution in [0.1, 0.15) is 32.1 Å². The number of carboxylic acid groups (broad SMARTS) is 1. The standard InChI is InChI=1S/C13H25NO3/c1-4-5-6-7-8-12(15)11-14(2,3)10-9-13(16)17/h4,12,15H,1,5-11H2,2-3H3/p+1. The monoisotopic (exact) mass is 244 g/mol. The number of aliphatic hydroxyl groups is 1. The molecule has 0 aliphatic carbocycles. The Kier molecular flexibility index (Phi) is 7.83. The largest absolute Gasteiger partial charge is 0.481 e. The van der Waals surface area contributed by atoms with E-state index in [1.54, 1.807) is 0 Å². The van der Waals surface area contributed by atoms with Gasteiger partial charge in [-0.2, -0.15) is 0 Å². The lowest BCUT2D eigenvalue weighted by Crippen LogP contribution is -2.46. The Bertz CT molecular complexity index is 239. The van der Waals surface area contributed by atoms with Gasteiger partial charge in [0, 0.05) is 0 Å². The van der Waals surface area contributed by atoms with Crippen molar-refractivity contribution in [1.29, 1.82) is 0 Å². The van der Waals surface area contributed by atoms with Gasteiger partial charge in [0.25, 0.3) is 0 Å². The molecule has 4 heteroatoms. The fourth-order valence-electron chi connectivity index (χ4n) is 1.82. The zero-order chi connectivity index (χ0) is 13.3. The summed E-state index contributed by atoms with van der Waals surface area (Å²) < 4.78 is 0.551. The predicted octanol–water partition coefficient (Wildman–Crippen LogP) is 1.64. The molecule has 100 valence electrons. The number of rotatable bonds is 10. The molecular weight excluding hydrogens is 218 g/mol. The highest BCUT2D eigenvalue weighted by Crippen LogP contribution is 2.09. The number of aliphatic carboxylic acids is 1. The van der Waals surface area contributed by atoms with Crippen LogP contribution in [-0.4, -0.2) is 54.0 Å². The Morgan fingerprint density at radius 3 is 2.59 bits per heavy atom. The number of carbonyl (C=O) groups is 1. The Balaban J connectivity index is 3.79. The van der Waals surface area contributed by atoms with Gasteiger partial charge in [-0.1, -0.05) is 12.5 Å². The molecule has 1 unspecified atom stereocenters. The third-order valence-corrected chi connectivity index (χ3v) is 2.83. The molecule has 2 N–H and O–H groups in total.